The fourth-order valence-electron chi connectivity index (χ4n) is 3.09. The van der Waals surface area contributed by atoms with Crippen molar-refractivity contribution >= 4 is 17.6 Å². The number of hydrogen-bond donors (Lipinski definition) is 1. The zero-order chi connectivity index (χ0) is 21.8. The lowest BCUT2D eigenvalue weighted by Gasteiger charge is -2.17. The summed E-state index contributed by atoms with van der Waals surface area (Å²) in [5.41, 5.74) is 1.91. The van der Waals surface area contributed by atoms with Gasteiger partial charge in [-0.15, -0.1) is 0 Å². The molecular formula is C21H23F2N3O4. The SMILES string of the molecule is COc1cc(CN2Cc3c(ccnc3NC(=O)C(C)C)C2=O)ccc1OCC(F)F. The maximum atomic E-state index is 12.8. The van der Waals surface area contributed by atoms with Gasteiger partial charge in [0.25, 0.3) is 12.3 Å². The number of methoxy groups -OCH3 is 1. The predicted octanol–water partition coefficient (Wildman–Crippen LogP) is 3.48. The van der Waals surface area contributed by atoms with Gasteiger partial charge in [-0.2, -0.15) is 0 Å². The van der Waals surface area contributed by atoms with Crippen molar-refractivity contribution in [2.45, 2.75) is 33.4 Å². The molecule has 7 nitrogen and oxygen atoms in total. The third kappa shape index (κ3) is 4.67. The van der Waals surface area contributed by atoms with Crippen LogP contribution in [0.2, 0.25) is 0 Å². The zero-order valence-corrected chi connectivity index (χ0v) is 16.9. The van der Waals surface area contributed by atoms with E-state index in [1.165, 1.54) is 13.3 Å². The summed E-state index contributed by atoms with van der Waals surface area (Å²) in [6, 6.07) is 6.51. The van der Waals surface area contributed by atoms with Crippen LogP contribution in [0.15, 0.2) is 30.5 Å². The first-order chi connectivity index (χ1) is 14.3. The zero-order valence-electron chi connectivity index (χ0n) is 16.9. The van der Waals surface area contributed by atoms with E-state index in [0.717, 1.165) is 5.56 Å². The summed E-state index contributed by atoms with van der Waals surface area (Å²) in [6.45, 7) is 3.39. The van der Waals surface area contributed by atoms with Crippen LogP contribution < -0.4 is 14.8 Å². The Kier molecular flexibility index (Phi) is 6.49. The van der Waals surface area contributed by atoms with Gasteiger partial charge in [-0.25, -0.2) is 13.8 Å². The van der Waals surface area contributed by atoms with E-state index >= 15 is 0 Å². The molecule has 1 aliphatic rings. The van der Waals surface area contributed by atoms with Crippen molar-refractivity contribution in [3.8, 4) is 11.5 Å². The lowest BCUT2D eigenvalue weighted by molar-refractivity contribution is -0.118. The number of aromatic nitrogens is 1. The van der Waals surface area contributed by atoms with Gasteiger partial charge in [0.2, 0.25) is 5.91 Å². The summed E-state index contributed by atoms with van der Waals surface area (Å²) in [5.74, 6) is 0.337. The topological polar surface area (TPSA) is 80.8 Å². The fraction of sp³-hybridized carbons (Fsp3) is 0.381. The molecule has 0 fully saturated rings. The predicted molar refractivity (Wildman–Crippen MR) is 106 cm³/mol. The van der Waals surface area contributed by atoms with E-state index in [2.05, 4.69) is 10.3 Å². The highest BCUT2D eigenvalue weighted by Gasteiger charge is 2.30. The molecule has 0 bridgehead atoms. The molecule has 30 heavy (non-hydrogen) atoms. The Morgan fingerprint density at radius 1 is 1.27 bits per heavy atom. The fourth-order valence-corrected chi connectivity index (χ4v) is 3.09. The molecule has 2 heterocycles. The summed E-state index contributed by atoms with van der Waals surface area (Å²) in [6.07, 6.45) is -1.09. The number of rotatable bonds is 8. The molecule has 9 heteroatoms. The van der Waals surface area contributed by atoms with Crippen molar-refractivity contribution in [3.05, 3.63) is 47.2 Å². The van der Waals surface area contributed by atoms with Crippen LogP contribution in [-0.2, 0) is 17.9 Å². The Labute approximate surface area is 173 Å². The quantitative estimate of drug-likeness (QED) is 0.709. The minimum Gasteiger partial charge on any atom is -0.493 e. The molecule has 2 aromatic rings. The largest absolute Gasteiger partial charge is 0.493 e. The van der Waals surface area contributed by atoms with Gasteiger partial charge in [0.15, 0.2) is 11.5 Å². The van der Waals surface area contributed by atoms with E-state index in [1.807, 2.05) is 0 Å². The number of ether oxygens (including phenoxy) is 2. The first kappa shape index (κ1) is 21.5. The van der Waals surface area contributed by atoms with Crippen LogP contribution in [0.1, 0.15) is 35.3 Å². The average Bonchev–Trinajstić information content (AvgIpc) is 3.03. The van der Waals surface area contributed by atoms with Crippen LogP contribution >= 0.6 is 0 Å². The van der Waals surface area contributed by atoms with Crippen LogP contribution in [0.4, 0.5) is 14.6 Å². The summed E-state index contributed by atoms with van der Waals surface area (Å²) in [5, 5.41) is 2.77. The number of halogens is 2. The molecule has 1 aromatic heterocycles. The lowest BCUT2D eigenvalue weighted by atomic mass is 10.1. The number of amides is 2. The van der Waals surface area contributed by atoms with Crippen LogP contribution in [0.5, 0.6) is 11.5 Å². The van der Waals surface area contributed by atoms with E-state index in [1.54, 1.807) is 43.0 Å². The second-order valence-electron chi connectivity index (χ2n) is 7.18. The summed E-state index contributed by atoms with van der Waals surface area (Å²) in [4.78, 5) is 30.7. The number of pyridine rings is 1. The molecular weight excluding hydrogens is 396 g/mol. The van der Waals surface area contributed by atoms with Crippen molar-refractivity contribution in [1.82, 2.24) is 9.88 Å². The molecule has 0 spiro atoms. The number of fused-ring (bicyclic) bond motifs is 1. The van der Waals surface area contributed by atoms with Gasteiger partial charge in [0, 0.05) is 29.8 Å². The summed E-state index contributed by atoms with van der Waals surface area (Å²) < 4.78 is 35.1. The van der Waals surface area contributed by atoms with Crippen LogP contribution in [0.25, 0.3) is 0 Å². The van der Waals surface area contributed by atoms with E-state index in [4.69, 9.17) is 9.47 Å². The van der Waals surface area contributed by atoms with E-state index in [-0.39, 0.29) is 30.0 Å². The maximum absolute atomic E-state index is 12.8. The number of anilines is 1. The number of nitrogens with one attached hydrogen (secondary N) is 1. The molecule has 160 valence electrons. The third-order valence-electron chi connectivity index (χ3n) is 4.65. The van der Waals surface area contributed by atoms with E-state index < -0.39 is 13.0 Å². The van der Waals surface area contributed by atoms with Gasteiger partial charge >= 0.3 is 0 Å². The highest BCUT2D eigenvalue weighted by Crippen LogP contribution is 2.32. The Morgan fingerprint density at radius 3 is 2.70 bits per heavy atom. The standard InChI is InChI=1S/C21H23F2N3O4/c1-12(2)20(27)25-19-15-10-26(21(28)14(15)6-7-24-19)9-13-4-5-16(17(8-13)29-3)30-11-18(22)23/h4-8,12,18H,9-11H2,1-3H3,(H,24,25,27). The molecule has 0 saturated carbocycles. The van der Waals surface area contributed by atoms with Gasteiger partial charge in [0.1, 0.15) is 12.4 Å². The first-order valence-electron chi connectivity index (χ1n) is 9.46. The van der Waals surface area contributed by atoms with Crippen molar-refractivity contribution in [2.24, 2.45) is 5.92 Å². The van der Waals surface area contributed by atoms with Gasteiger partial charge in [0.05, 0.1) is 13.7 Å². The lowest BCUT2D eigenvalue weighted by Crippen LogP contribution is -2.23. The van der Waals surface area contributed by atoms with Gasteiger partial charge < -0.3 is 19.7 Å². The molecule has 1 aromatic carbocycles. The Balaban J connectivity index is 1.76. The van der Waals surface area contributed by atoms with Gasteiger partial charge in [-0.05, 0) is 23.8 Å². The Morgan fingerprint density at radius 2 is 2.03 bits per heavy atom. The highest BCUT2D eigenvalue weighted by molar-refractivity contribution is 6.01. The Hall–Kier alpha value is -3.23. The molecule has 0 saturated heterocycles. The molecule has 0 unspecified atom stereocenters. The molecule has 2 amide bonds. The monoisotopic (exact) mass is 419 g/mol. The third-order valence-corrected chi connectivity index (χ3v) is 4.65. The number of carbonyl (C=O) groups is 2. The van der Waals surface area contributed by atoms with Gasteiger partial charge in [-0.1, -0.05) is 19.9 Å². The van der Waals surface area contributed by atoms with Crippen molar-refractivity contribution < 1.29 is 27.8 Å². The van der Waals surface area contributed by atoms with E-state index in [9.17, 15) is 18.4 Å². The number of nitrogens with zero attached hydrogens (tertiary/aromatic N) is 2. The molecule has 3 rings (SSSR count). The number of alkyl halides is 2. The Bertz CT molecular complexity index is 950. The molecule has 0 atom stereocenters. The molecule has 1 N–H and O–H groups in total. The second-order valence-corrected chi connectivity index (χ2v) is 7.18. The first-order valence-corrected chi connectivity index (χ1v) is 9.46. The second kappa shape index (κ2) is 9.06. The highest BCUT2D eigenvalue weighted by atomic mass is 19.3. The number of benzene rings is 1. The van der Waals surface area contributed by atoms with Crippen molar-refractivity contribution in [3.63, 3.8) is 0 Å². The van der Waals surface area contributed by atoms with E-state index in [0.29, 0.717) is 29.2 Å². The summed E-state index contributed by atoms with van der Waals surface area (Å²) in [7, 11) is 1.42. The normalized spacial score (nSPS) is 13.0. The molecule has 0 aliphatic carbocycles. The summed E-state index contributed by atoms with van der Waals surface area (Å²) >= 11 is 0. The van der Waals surface area contributed by atoms with Crippen LogP contribution in [-0.4, -0.2) is 41.8 Å². The van der Waals surface area contributed by atoms with Crippen LogP contribution in [0.3, 0.4) is 0 Å². The number of hydrogen-bond acceptors (Lipinski definition) is 5. The van der Waals surface area contributed by atoms with Gasteiger partial charge in [-0.3, -0.25) is 9.59 Å². The number of carbonyl (C=O) groups excluding carboxylic acids is 2. The smallest absolute Gasteiger partial charge is 0.272 e. The van der Waals surface area contributed by atoms with Crippen LogP contribution in [0, 0.1) is 5.92 Å². The van der Waals surface area contributed by atoms with Crippen molar-refractivity contribution in [1.29, 1.82) is 0 Å². The minimum atomic E-state index is -2.59. The average molecular weight is 419 g/mol. The minimum absolute atomic E-state index is 0.175. The maximum Gasteiger partial charge on any atom is 0.272 e. The molecule has 0 radical (unpaired) electrons. The molecule has 1 aliphatic heterocycles. The van der Waals surface area contributed by atoms with Crippen molar-refractivity contribution in [2.75, 3.05) is 19.0 Å².